The van der Waals surface area contributed by atoms with Gasteiger partial charge < -0.3 is 0 Å². The summed E-state index contributed by atoms with van der Waals surface area (Å²) in [6.45, 7) is -0.00509. The topological polar surface area (TPSA) is 65.1 Å². The summed E-state index contributed by atoms with van der Waals surface area (Å²) < 4.78 is 42.1. The molecule has 0 radical (unpaired) electrons. The average molecular weight is 391 g/mol. The minimum Gasteiger partial charge on any atom is -0.291 e. The quantitative estimate of drug-likeness (QED) is 0.527. The molecule has 0 aliphatic heterocycles. The minimum absolute atomic E-state index is 0.00509. The van der Waals surface area contributed by atoms with Gasteiger partial charge in [-0.05, 0) is 37.0 Å². The number of rotatable bonds is 2. The number of hydrogen-bond donors (Lipinski definition) is 0. The first-order valence-corrected chi connectivity index (χ1v) is 9.14. The van der Waals surface area contributed by atoms with E-state index in [-0.39, 0.29) is 23.6 Å². The molecule has 5 rings (SSSR count). The van der Waals surface area contributed by atoms with E-state index >= 15 is 0 Å². The van der Waals surface area contributed by atoms with Crippen LogP contribution in [0.1, 0.15) is 28.2 Å². The van der Waals surface area contributed by atoms with Gasteiger partial charge in [-0.25, -0.2) is 4.98 Å². The van der Waals surface area contributed by atoms with Gasteiger partial charge in [-0.2, -0.15) is 13.2 Å². The fourth-order valence-corrected chi connectivity index (χ4v) is 4.80. The number of hydrogen-bond acceptors (Lipinski definition) is 5. The van der Waals surface area contributed by atoms with Crippen molar-refractivity contribution in [3.8, 4) is 0 Å². The van der Waals surface area contributed by atoms with Crippen LogP contribution < -0.4 is 5.56 Å². The first-order chi connectivity index (χ1) is 12.9. The summed E-state index contributed by atoms with van der Waals surface area (Å²) in [5, 5.41) is 8.18. The number of alkyl halides is 3. The van der Waals surface area contributed by atoms with Crippen molar-refractivity contribution in [1.29, 1.82) is 0 Å². The van der Waals surface area contributed by atoms with E-state index in [1.54, 1.807) is 11.3 Å². The average Bonchev–Trinajstić information content (AvgIpc) is 3.30. The van der Waals surface area contributed by atoms with E-state index in [0.29, 0.717) is 10.2 Å². The van der Waals surface area contributed by atoms with Crippen LogP contribution in [0.5, 0.6) is 0 Å². The maximum absolute atomic E-state index is 13.1. The van der Waals surface area contributed by atoms with Crippen molar-refractivity contribution >= 4 is 27.2 Å². The number of thiophene rings is 1. The molecule has 0 spiro atoms. The molecular formula is C17H12F3N5OS. The molecule has 0 saturated heterocycles. The lowest BCUT2D eigenvalue weighted by Crippen LogP contribution is -2.22. The lowest BCUT2D eigenvalue weighted by Gasteiger charge is -2.08. The van der Waals surface area contributed by atoms with Crippen LogP contribution in [0.25, 0.3) is 15.9 Å². The molecule has 10 heteroatoms. The van der Waals surface area contributed by atoms with Crippen LogP contribution in [0.15, 0.2) is 29.5 Å². The van der Waals surface area contributed by atoms with Crippen LogP contribution in [-0.4, -0.2) is 24.1 Å². The van der Waals surface area contributed by atoms with Gasteiger partial charge in [0.15, 0.2) is 11.5 Å². The van der Waals surface area contributed by atoms with Gasteiger partial charge in [-0.15, -0.1) is 21.5 Å². The lowest BCUT2D eigenvalue weighted by atomic mass is 10.2. The second-order valence-corrected chi connectivity index (χ2v) is 7.53. The Bertz CT molecular complexity index is 1250. The van der Waals surface area contributed by atoms with Crippen LogP contribution >= 0.6 is 11.3 Å². The van der Waals surface area contributed by atoms with Gasteiger partial charge in [0.2, 0.25) is 0 Å². The van der Waals surface area contributed by atoms with Crippen molar-refractivity contribution in [3.05, 3.63) is 56.8 Å². The zero-order chi connectivity index (χ0) is 18.8. The molecule has 138 valence electrons. The summed E-state index contributed by atoms with van der Waals surface area (Å²) >= 11 is 1.54. The highest BCUT2D eigenvalue weighted by Gasteiger charge is 2.34. The molecule has 6 nitrogen and oxygen atoms in total. The van der Waals surface area contributed by atoms with E-state index in [1.807, 2.05) is 0 Å². The van der Waals surface area contributed by atoms with Crippen molar-refractivity contribution in [3.63, 3.8) is 0 Å². The van der Waals surface area contributed by atoms with E-state index in [4.69, 9.17) is 0 Å². The monoisotopic (exact) mass is 391 g/mol. The summed E-state index contributed by atoms with van der Waals surface area (Å²) in [5.41, 5.74) is -0.269. The van der Waals surface area contributed by atoms with Gasteiger partial charge in [0.1, 0.15) is 10.4 Å². The number of pyridine rings is 1. The molecule has 0 atom stereocenters. The lowest BCUT2D eigenvalue weighted by molar-refractivity contribution is -0.136. The molecule has 0 unspecified atom stereocenters. The molecule has 1 aliphatic rings. The maximum Gasteiger partial charge on any atom is 0.420 e. The Labute approximate surface area is 153 Å². The van der Waals surface area contributed by atoms with Gasteiger partial charge in [0, 0.05) is 11.1 Å². The van der Waals surface area contributed by atoms with Crippen LogP contribution in [0, 0.1) is 0 Å². The largest absolute Gasteiger partial charge is 0.420 e. The predicted molar refractivity (Wildman–Crippen MR) is 93.0 cm³/mol. The highest BCUT2D eigenvalue weighted by molar-refractivity contribution is 7.18. The van der Waals surface area contributed by atoms with E-state index < -0.39 is 11.7 Å². The third kappa shape index (κ3) is 2.47. The van der Waals surface area contributed by atoms with Gasteiger partial charge in [-0.3, -0.25) is 13.8 Å². The van der Waals surface area contributed by atoms with Crippen molar-refractivity contribution in [1.82, 2.24) is 24.1 Å². The summed E-state index contributed by atoms with van der Waals surface area (Å²) in [5.74, 6) is 0.242. The molecule has 1 aliphatic carbocycles. The SMILES string of the molecule is O=c1c2c3c(sc2ncn1Cc1nnc2c(C(F)(F)F)cccn12)CCC3. The van der Waals surface area contributed by atoms with E-state index in [9.17, 15) is 18.0 Å². The Morgan fingerprint density at radius 3 is 2.89 bits per heavy atom. The van der Waals surface area contributed by atoms with Crippen molar-refractivity contribution < 1.29 is 13.2 Å². The van der Waals surface area contributed by atoms with Crippen LogP contribution in [0.2, 0.25) is 0 Å². The summed E-state index contributed by atoms with van der Waals surface area (Å²) in [7, 11) is 0. The zero-order valence-electron chi connectivity index (χ0n) is 13.8. The second-order valence-electron chi connectivity index (χ2n) is 6.44. The number of fused-ring (bicyclic) bond motifs is 4. The molecule has 0 saturated carbocycles. The van der Waals surface area contributed by atoms with Crippen molar-refractivity contribution in [2.24, 2.45) is 0 Å². The molecular weight excluding hydrogens is 379 g/mol. The summed E-state index contributed by atoms with van der Waals surface area (Å²) in [6.07, 6.45) is 1.20. The second kappa shape index (κ2) is 5.62. The smallest absolute Gasteiger partial charge is 0.291 e. The molecule has 4 aromatic rings. The third-order valence-corrected chi connectivity index (χ3v) is 6.01. The molecule has 0 bridgehead atoms. The first-order valence-electron chi connectivity index (χ1n) is 8.33. The summed E-state index contributed by atoms with van der Waals surface area (Å²) in [6, 6.07) is 2.25. The van der Waals surface area contributed by atoms with Crippen LogP contribution in [-0.2, 0) is 25.6 Å². The Morgan fingerprint density at radius 1 is 1.22 bits per heavy atom. The highest BCUT2D eigenvalue weighted by Crippen LogP contribution is 2.34. The van der Waals surface area contributed by atoms with E-state index in [0.717, 1.165) is 30.9 Å². The normalized spacial score (nSPS) is 14.3. The fourth-order valence-electron chi connectivity index (χ4n) is 3.58. The first kappa shape index (κ1) is 16.4. The Morgan fingerprint density at radius 2 is 2.07 bits per heavy atom. The van der Waals surface area contributed by atoms with Crippen LogP contribution in [0.3, 0.4) is 0 Å². The molecule has 0 amide bonds. The molecule has 0 fully saturated rings. The van der Waals surface area contributed by atoms with Gasteiger partial charge >= 0.3 is 6.18 Å². The summed E-state index contributed by atoms with van der Waals surface area (Å²) in [4.78, 5) is 19.2. The third-order valence-electron chi connectivity index (χ3n) is 4.81. The minimum atomic E-state index is -4.53. The number of nitrogens with zero attached hydrogens (tertiary/aromatic N) is 5. The van der Waals surface area contributed by atoms with E-state index in [2.05, 4.69) is 15.2 Å². The fraction of sp³-hybridized carbons (Fsp3) is 0.294. The number of halogens is 3. The van der Waals surface area contributed by atoms with Crippen LogP contribution in [0.4, 0.5) is 13.2 Å². The van der Waals surface area contributed by atoms with Gasteiger partial charge in [0.25, 0.3) is 5.56 Å². The Balaban J connectivity index is 1.62. The Hall–Kier alpha value is -2.75. The maximum atomic E-state index is 13.1. The molecule has 4 heterocycles. The standard InChI is InChI=1S/C17H12F3N5OS/c18-17(19,20)10-4-2-6-25-12(22-23-14(10)25)7-24-8-21-15-13(16(24)26)9-3-1-5-11(9)27-15/h2,4,6,8H,1,3,5,7H2. The molecule has 0 N–H and O–H groups in total. The highest BCUT2D eigenvalue weighted by atomic mass is 32.1. The van der Waals surface area contributed by atoms with Crippen molar-refractivity contribution in [2.45, 2.75) is 32.0 Å². The molecule has 27 heavy (non-hydrogen) atoms. The zero-order valence-corrected chi connectivity index (χ0v) is 14.6. The van der Waals surface area contributed by atoms with Gasteiger partial charge in [0.05, 0.1) is 18.3 Å². The number of aryl methyl sites for hydroxylation is 2. The van der Waals surface area contributed by atoms with E-state index in [1.165, 1.54) is 32.4 Å². The number of aromatic nitrogens is 5. The Kier molecular flexibility index (Phi) is 3.42. The van der Waals surface area contributed by atoms with Gasteiger partial charge in [-0.1, -0.05) is 0 Å². The van der Waals surface area contributed by atoms with Crippen molar-refractivity contribution in [2.75, 3.05) is 0 Å². The molecule has 4 aromatic heterocycles. The molecule has 0 aromatic carbocycles. The predicted octanol–water partition coefficient (Wildman–Crippen LogP) is 3.06.